The number of carbonyl (C=O) groups excluding carboxylic acids is 1. The van der Waals surface area contributed by atoms with E-state index in [1.807, 2.05) is 0 Å². The molecule has 27 heavy (non-hydrogen) atoms. The van der Waals surface area contributed by atoms with E-state index in [1.54, 1.807) is 0 Å². The third kappa shape index (κ3) is 4.09. The number of rotatable bonds is 5. The van der Waals surface area contributed by atoms with Crippen molar-refractivity contribution >= 4 is 14.3 Å². The largest absolute Gasteiger partial charge is 0.457 e. The Labute approximate surface area is 161 Å². The second-order valence-corrected chi connectivity index (χ2v) is 14.3. The van der Waals surface area contributed by atoms with Gasteiger partial charge in [-0.3, -0.25) is 0 Å². The van der Waals surface area contributed by atoms with Crippen molar-refractivity contribution < 1.29 is 32.2 Å². The number of hydrogen-bond donors (Lipinski definition) is 0. The molecule has 2 heterocycles. The fourth-order valence-corrected chi connectivity index (χ4v) is 4.98. The van der Waals surface area contributed by atoms with Crippen molar-refractivity contribution in [2.75, 3.05) is 13.2 Å². The van der Waals surface area contributed by atoms with Crippen molar-refractivity contribution in [3.8, 4) is 0 Å². The van der Waals surface area contributed by atoms with Crippen LogP contribution in [-0.4, -0.2) is 51.9 Å². The molecule has 156 valence electrons. The number of hydrogen-bond acceptors (Lipinski definition) is 5. The van der Waals surface area contributed by atoms with Gasteiger partial charge in [0.05, 0.1) is 12.0 Å². The van der Waals surface area contributed by atoms with Gasteiger partial charge in [-0.1, -0.05) is 20.8 Å². The van der Waals surface area contributed by atoms with Gasteiger partial charge < -0.3 is 18.6 Å². The van der Waals surface area contributed by atoms with Gasteiger partial charge in [0.15, 0.2) is 14.6 Å². The lowest BCUT2D eigenvalue weighted by atomic mass is 9.90. The average Bonchev–Trinajstić information content (AvgIpc) is 3.00. The van der Waals surface area contributed by atoms with E-state index < -0.39 is 44.3 Å². The minimum atomic E-state index is -3.49. The molecule has 8 heteroatoms. The molecular weight excluding hydrogens is 374 g/mol. The first-order valence-electron chi connectivity index (χ1n) is 9.93. The quantitative estimate of drug-likeness (QED) is 0.508. The lowest BCUT2D eigenvalue weighted by molar-refractivity contribution is -0.204. The van der Waals surface area contributed by atoms with Gasteiger partial charge in [0, 0.05) is 25.6 Å². The highest BCUT2D eigenvalue weighted by molar-refractivity contribution is 6.74. The molecule has 2 aliphatic heterocycles. The van der Waals surface area contributed by atoms with Gasteiger partial charge in [-0.25, -0.2) is 4.79 Å². The monoisotopic (exact) mass is 406 g/mol. The van der Waals surface area contributed by atoms with Crippen LogP contribution in [0.25, 0.3) is 0 Å². The summed E-state index contributed by atoms with van der Waals surface area (Å²) in [6, 6.07) is 0. The third-order valence-electron chi connectivity index (χ3n) is 6.66. The maximum absolute atomic E-state index is 14.5. The van der Waals surface area contributed by atoms with Crippen LogP contribution < -0.4 is 0 Å². The molecule has 0 N–H and O–H groups in total. The molecule has 3 fully saturated rings. The van der Waals surface area contributed by atoms with Crippen molar-refractivity contribution in [1.82, 2.24) is 0 Å². The summed E-state index contributed by atoms with van der Waals surface area (Å²) < 4.78 is 52.0. The van der Waals surface area contributed by atoms with E-state index in [4.69, 9.17) is 18.6 Å². The summed E-state index contributed by atoms with van der Waals surface area (Å²) in [6.45, 7) is 11.3. The fraction of sp³-hybridized carbons (Fsp3) is 0.947. The van der Waals surface area contributed by atoms with Gasteiger partial charge in [0.2, 0.25) is 0 Å². The van der Waals surface area contributed by atoms with E-state index in [2.05, 4.69) is 33.9 Å². The molecule has 1 aliphatic carbocycles. The van der Waals surface area contributed by atoms with Crippen molar-refractivity contribution in [2.45, 2.75) is 89.0 Å². The minimum Gasteiger partial charge on any atom is -0.457 e. The topological polar surface area (TPSA) is 54.0 Å². The molecule has 0 aromatic heterocycles. The summed E-state index contributed by atoms with van der Waals surface area (Å²) >= 11 is 0. The van der Waals surface area contributed by atoms with Crippen LogP contribution in [0, 0.1) is 11.8 Å². The zero-order valence-corrected chi connectivity index (χ0v) is 17.9. The van der Waals surface area contributed by atoms with E-state index in [0.29, 0.717) is 6.61 Å². The van der Waals surface area contributed by atoms with Gasteiger partial charge in [0.1, 0.15) is 6.10 Å². The number of esters is 1. The first-order valence-corrected chi connectivity index (χ1v) is 12.8. The van der Waals surface area contributed by atoms with Crippen molar-refractivity contribution in [1.29, 1.82) is 0 Å². The number of fused-ring (bicyclic) bond motifs is 1. The van der Waals surface area contributed by atoms with E-state index in [-0.39, 0.29) is 24.4 Å². The van der Waals surface area contributed by atoms with Crippen molar-refractivity contribution in [3.05, 3.63) is 0 Å². The molecule has 2 saturated heterocycles. The smallest absolute Gasteiger partial charge is 0.377 e. The summed E-state index contributed by atoms with van der Waals surface area (Å²) in [5.74, 6) is -6.68. The predicted octanol–water partition coefficient (Wildman–Crippen LogP) is 4.12. The highest BCUT2D eigenvalue weighted by atomic mass is 28.4. The zero-order chi connectivity index (χ0) is 20.0. The summed E-state index contributed by atoms with van der Waals surface area (Å²) in [5.41, 5.74) is 0. The van der Waals surface area contributed by atoms with Gasteiger partial charge in [-0.05, 0) is 37.4 Å². The predicted molar refractivity (Wildman–Crippen MR) is 98.0 cm³/mol. The van der Waals surface area contributed by atoms with Crippen LogP contribution in [-0.2, 0) is 23.4 Å². The van der Waals surface area contributed by atoms with Gasteiger partial charge in [0.25, 0.3) is 0 Å². The molecule has 0 aromatic rings. The van der Waals surface area contributed by atoms with Crippen molar-refractivity contribution in [2.24, 2.45) is 11.8 Å². The maximum Gasteiger partial charge on any atom is 0.377 e. The molecule has 5 atom stereocenters. The van der Waals surface area contributed by atoms with E-state index in [9.17, 15) is 13.6 Å². The summed E-state index contributed by atoms with van der Waals surface area (Å²) in [5, 5.41) is -0.0294. The lowest BCUT2D eigenvalue weighted by Crippen LogP contribution is -2.46. The summed E-state index contributed by atoms with van der Waals surface area (Å²) in [6.07, 6.45) is 1.39. The Bertz CT molecular complexity index is 557. The molecule has 0 aromatic carbocycles. The highest BCUT2D eigenvalue weighted by Gasteiger charge is 2.67. The van der Waals surface area contributed by atoms with E-state index in [1.165, 1.54) is 0 Å². The van der Waals surface area contributed by atoms with Crippen LogP contribution in [0.2, 0.25) is 18.1 Å². The minimum absolute atomic E-state index is 0.0294. The SMILES string of the molecule is CC(C)(C)[Si](C)(C)OC[C@@H]1[C@@H]2[C@H](C[C@H]1OC1CCCCO1)OC(=O)C2(F)F. The Kier molecular flexibility index (Phi) is 5.76. The van der Waals surface area contributed by atoms with Crippen LogP contribution >= 0.6 is 0 Å². The normalized spacial score (nSPS) is 36.6. The molecule has 3 rings (SSSR count). The Morgan fingerprint density at radius 2 is 1.96 bits per heavy atom. The molecule has 0 bridgehead atoms. The number of ether oxygens (including phenoxy) is 3. The summed E-state index contributed by atoms with van der Waals surface area (Å²) in [4.78, 5) is 11.6. The average molecular weight is 407 g/mol. The Hall–Kier alpha value is -0.573. The van der Waals surface area contributed by atoms with Crippen LogP contribution in [0.5, 0.6) is 0 Å². The Morgan fingerprint density at radius 1 is 1.26 bits per heavy atom. The van der Waals surface area contributed by atoms with Crippen LogP contribution in [0.3, 0.4) is 0 Å². The number of carbonyl (C=O) groups is 1. The Morgan fingerprint density at radius 3 is 2.56 bits per heavy atom. The van der Waals surface area contributed by atoms with Gasteiger partial charge in [-0.2, -0.15) is 8.78 Å². The molecular formula is C19H32F2O5Si. The zero-order valence-electron chi connectivity index (χ0n) is 16.9. The van der Waals surface area contributed by atoms with E-state index in [0.717, 1.165) is 19.3 Å². The molecule has 1 saturated carbocycles. The molecule has 1 unspecified atom stereocenters. The number of alkyl halides is 2. The first kappa shape index (κ1) is 21.1. The second kappa shape index (κ2) is 7.35. The first-order chi connectivity index (χ1) is 12.4. The maximum atomic E-state index is 14.5. The molecule has 5 nitrogen and oxygen atoms in total. The van der Waals surface area contributed by atoms with Crippen LogP contribution in [0.15, 0.2) is 0 Å². The molecule has 3 aliphatic rings. The van der Waals surface area contributed by atoms with Gasteiger partial charge in [-0.15, -0.1) is 0 Å². The van der Waals surface area contributed by atoms with Crippen LogP contribution in [0.1, 0.15) is 46.5 Å². The van der Waals surface area contributed by atoms with E-state index >= 15 is 0 Å². The molecule has 0 spiro atoms. The summed E-state index contributed by atoms with van der Waals surface area (Å²) in [7, 11) is -2.12. The lowest BCUT2D eigenvalue weighted by Gasteiger charge is -2.38. The fourth-order valence-electron chi connectivity index (χ4n) is 3.94. The highest BCUT2D eigenvalue weighted by Crippen LogP contribution is 2.51. The van der Waals surface area contributed by atoms with Crippen molar-refractivity contribution in [3.63, 3.8) is 0 Å². The second-order valence-electron chi connectivity index (χ2n) is 9.53. The third-order valence-corrected chi connectivity index (χ3v) is 11.2. The Balaban J connectivity index is 1.76. The molecule has 0 radical (unpaired) electrons. The standard InChI is InChI=1S/C19H32F2O5Si/c1-18(2,3)27(4,5)24-11-12-13(25-15-8-6-7-9-23-15)10-14-16(12)19(20,21)17(22)26-14/h12-16H,6-11H2,1-5H3/t12-,13+,14-,15?,16+/m0/s1. The number of halogens is 2. The van der Waals surface area contributed by atoms with Crippen LogP contribution in [0.4, 0.5) is 8.78 Å². The molecule has 0 amide bonds. The van der Waals surface area contributed by atoms with Gasteiger partial charge >= 0.3 is 11.9 Å².